The molecule has 0 fully saturated rings. The second kappa shape index (κ2) is 5.18. The predicted molar refractivity (Wildman–Crippen MR) is 75.5 cm³/mol. The molecule has 1 aromatic carbocycles. The summed E-state index contributed by atoms with van der Waals surface area (Å²) in [5, 5.41) is 2.75. The number of benzene rings is 1. The Kier molecular flexibility index (Phi) is 3.62. The minimum atomic E-state index is -0.225. The van der Waals surface area contributed by atoms with Crippen LogP contribution in [0.5, 0.6) is 0 Å². The van der Waals surface area contributed by atoms with Crippen LogP contribution in [0.2, 0.25) is 0 Å². The summed E-state index contributed by atoms with van der Waals surface area (Å²) in [7, 11) is 0. The number of nitrogen functional groups attached to an aromatic ring is 1. The normalized spacial score (nSPS) is 10.1. The molecule has 0 atom stereocenters. The van der Waals surface area contributed by atoms with Crippen molar-refractivity contribution in [3.8, 4) is 0 Å². The summed E-state index contributed by atoms with van der Waals surface area (Å²) in [5.41, 5.74) is 8.28. The lowest BCUT2D eigenvalue weighted by Gasteiger charge is -2.08. The van der Waals surface area contributed by atoms with Crippen LogP contribution < -0.4 is 11.1 Å². The van der Waals surface area contributed by atoms with Crippen LogP contribution in [-0.2, 0) is 0 Å². The monoisotopic (exact) mass is 305 g/mol. The summed E-state index contributed by atoms with van der Waals surface area (Å²) in [4.78, 5) is 16.0. The Morgan fingerprint density at radius 3 is 2.72 bits per heavy atom. The topological polar surface area (TPSA) is 68.0 Å². The number of nitrogens with zero attached hydrogens (tertiary/aromatic N) is 1. The minimum absolute atomic E-state index is 0.225. The molecule has 1 aromatic heterocycles. The Bertz CT molecular complexity index is 581. The zero-order valence-electron chi connectivity index (χ0n) is 9.77. The van der Waals surface area contributed by atoms with Gasteiger partial charge in [0.2, 0.25) is 0 Å². The maximum Gasteiger partial charge on any atom is 0.257 e. The van der Waals surface area contributed by atoms with Crippen molar-refractivity contribution in [1.82, 2.24) is 4.98 Å². The number of carbonyl (C=O) groups is 1. The molecule has 3 N–H and O–H groups in total. The van der Waals surface area contributed by atoms with E-state index in [9.17, 15) is 4.79 Å². The van der Waals surface area contributed by atoms with Crippen molar-refractivity contribution in [2.24, 2.45) is 0 Å². The number of hydrogen-bond acceptors (Lipinski definition) is 3. The molecule has 0 aliphatic rings. The molecule has 0 saturated carbocycles. The van der Waals surface area contributed by atoms with Crippen molar-refractivity contribution in [2.45, 2.75) is 6.92 Å². The largest absolute Gasteiger partial charge is 0.397 e. The lowest BCUT2D eigenvalue weighted by molar-refractivity contribution is 0.102. The van der Waals surface area contributed by atoms with E-state index in [2.05, 4.69) is 26.2 Å². The summed E-state index contributed by atoms with van der Waals surface area (Å²) in [6, 6.07) is 8.83. The van der Waals surface area contributed by atoms with Gasteiger partial charge in [0.05, 0.1) is 16.9 Å². The highest BCUT2D eigenvalue weighted by molar-refractivity contribution is 9.10. The lowest BCUT2D eigenvalue weighted by Crippen LogP contribution is -2.13. The van der Waals surface area contributed by atoms with Gasteiger partial charge in [0.15, 0.2) is 0 Å². The van der Waals surface area contributed by atoms with Crippen LogP contribution in [0.15, 0.2) is 41.0 Å². The van der Waals surface area contributed by atoms with Gasteiger partial charge in [-0.1, -0.05) is 15.9 Å². The van der Waals surface area contributed by atoms with Crippen LogP contribution in [0, 0.1) is 6.92 Å². The zero-order chi connectivity index (χ0) is 13.1. The van der Waals surface area contributed by atoms with E-state index in [1.165, 1.54) is 0 Å². The molecule has 0 bridgehead atoms. The fourth-order valence-corrected chi connectivity index (χ4v) is 1.82. The van der Waals surface area contributed by atoms with Crippen molar-refractivity contribution in [2.75, 3.05) is 11.1 Å². The second-order valence-corrected chi connectivity index (χ2v) is 4.79. The quantitative estimate of drug-likeness (QED) is 0.838. The Labute approximate surface area is 113 Å². The number of amides is 1. The Hall–Kier alpha value is -1.88. The Morgan fingerprint density at radius 2 is 2.11 bits per heavy atom. The molecule has 0 unspecified atom stereocenters. The summed E-state index contributed by atoms with van der Waals surface area (Å²) in [6.07, 6.45) is 1.54. The molecule has 2 aromatic rings. The number of aryl methyl sites for hydroxylation is 1. The van der Waals surface area contributed by atoms with Crippen LogP contribution in [0.1, 0.15) is 16.1 Å². The van der Waals surface area contributed by atoms with Gasteiger partial charge in [-0.3, -0.25) is 9.78 Å². The van der Waals surface area contributed by atoms with Crippen molar-refractivity contribution < 1.29 is 4.79 Å². The molecule has 2 rings (SSSR count). The van der Waals surface area contributed by atoms with Gasteiger partial charge in [-0.05, 0) is 37.3 Å². The van der Waals surface area contributed by atoms with Crippen molar-refractivity contribution in [3.05, 3.63) is 52.3 Å². The van der Waals surface area contributed by atoms with Gasteiger partial charge in [-0.2, -0.15) is 0 Å². The second-order valence-electron chi connectivity index (χ2n) is 3.87. The minimum Gasteiger partial charge on any atom is -0.397 e. The molecule has 18 heavy (non-hydrogen) atoms. The molecule has 0 aliphatic carbocycles. The third-order valence-electron chi connectivity index (χ3n) is 2.44. The fourth-order valence-electron chi connectivity index (χ4n) is 1.44. The van der Waals surface area contributed by atoms with E-state index < -0.39 is 0 Å². The molecule has 1 amide bonds. The SMILES string of the molecule is Cc1ccc(C(=O)Nc2ccc(Br)cc2N)cn1. The van der Waals surface area contributed by atoms with E-state index in [0.29, 0.717) is 16.9 Å². The van der Waals surface area contributed by atoms with Gasteiger partial charge in [0.1, 0.15) is 0 Å². The van der Waals surface area contributed by atoms with E-state index >= 15 is 0 Å². The third kappa shape index (κ3) is 2.87. The van der Waals surface area contributed by atoms with Gasteiger partial charge in [-0.15, -0.1) is 0 Å². The Balaban J connectivity index is 2.18. The predicted octanol–water partition coefficient (Wildman–Crippen LogP) is 2.99. The van der Waals surface area contributed by atoms with Crippen molar-refractivity contribution in [1.29, 1.82) is 0 Å². The number of hydrogen-bond donors (Lipinski definition) is 2. The first-order chi connectivity index (χ1) is 8.56. The van der Waals surface area contributed by atoms with E-state index in [0.717, 1.165) is 10.2 Å². The standard InChI is InChI=1S/C13H12BrN3O/c1-8-2-3-9(7-16-8)13(18)17-12-5-4-10(14)6-11(12)15/h2-7H,15H2,1H3,(H,17,18). The van der Waals surface area contributed by atoms with Crippen LogP contribution >= 0.6 is 15.9 Å². The van der Waals surface area contributed by atoms with Crippen LogP contribution in [0.25, 0.3) is 0 Å². The average molecular weight is 306 g/mol. The number of pyridine rings is 1. The first-order valence-corrected chi connectivity index (χ1v) is 6.14. The smallest absolute Gasteiger partial charge is 0.257 e. The van der Waals surface area contributed by atoms with Crippen molar-refractivity contribution in [3.63, 3.8) is 0 Å². The molecule has 0 aliphatic heterocycles. The number of aromatic nitrogens is 1. The number of rotatable bonds is 2. The molecule has 5 heteroatoms. The number of halogens is 1. The highest BCUT2D eigenvalue weighted by Gasteiger charge is 2.08. The average Bonchev–Trinajstić information content (AvgIpc) is 2.33. The van der Waals surface area contributed by atoms with Crippen LogP contribution in [0.3, 0.4) is 0 Å². The molecule has 0 saturated heterocycles. The number of carbonyl (C=O) groups excluding carboxylic acids is 1. The van der Waals surface area contributed by atoms with Gasteiger partial charge in [-0.25, -0.2) is 0 Å². The highest BCUT2D eigenvalue weighted by atomic mass is 79.9. The molecule has 0 spiro atoms. The maximum absolute atomic E-state index is 11.9. The van der Waals surface area contributed by atoms with Crippen molar-refractivity contribution >= 4 is 33.2 Å². The molecular formula is C13H12BrN3O. The summed E-state index contributed by atoms with van der Waals surface area (Å²) in [5.74, 6) is -0.225. The van der Waals surface area contributed by atoms with Gasteiger partial charge in [0.25, 0.3) is 5.91 Å². The van der Waals surface area contributed by atoms with Crippen LogP contribution in [0.4, 0.5) is 11.4 Å². The summed E-state index contributed by atoms with van der Waals surface area (Å²) in [6.45, 7) is 1.87. The first kappa shape index (κ1) is 12.6. The van der Waals surface area contributed by atoms with Gasteiger partial charge in [0, 0.05) is 16.4 Å². The number of nitrogens with one attached hydrogen (secondary N) is 1. The molecule has 0 radical (unpaired) electrons. The fraction of sp³-hybridized carbons (Fsp3) is 0.0769. The highest BCUT2D eigenvalue weighted by Crippen LogP contribution is 2.23. The zero-order valence-corrected chi connectivity index (χ0v) is 11.4. The molecule has 1 heterocycles. The summed E-state index contributed by atoms with van der Waals surface area (Å²) < 4.78 is 0.870. The van der Waals surface area contributed by atoms with E-state index in [4.69, 9.17) is 5.73 Å². The maximum atomic E-state index is 11.9. The van der Waals surface area contributed by atoms with Gasteiger partial charge < -0.3 is 11.1 Å². The van der Waals surface area contributed by atoms with E-state index in [1.54, 1.807) is 30.5 Å². The molecule has 4 nitrogen and oxygen atoms in total. The van der Waals surface area contributed by atoms with E-state index in [1.807, 2.05) is 13.0 Å². The lowest BCUT2D eigenvalue weighted by atomic mass is 10.2. The van der Waals surface area contributed by atoms with Gasteiger partial charge >= 0.3 is 0 Å². The van der Waals surface area contributed by atoms with Crippen LogP contribution in [-0.4, -0.2) is 10.9 Å². The third-order valence-corrected chi connectivity index (χ3v) is 2.93. The number of nitrogens with two attached hydrogens (primary N) is 1. The Morgan fingerprint density at radius 1 is 1.33 bits per heavy atom. The number of anilines is 2. The molecule has 92 valence electrons. The first-order valence-electron chi connectivity index (χ1n) is 5.35. The summed E-state index contributed by atoms with van der Waals surface area (Å²) >= 11 is 3.31. The van der Waals surface area contributed by atoms with E-state index in [-0.39, 0.29) is 5.91 Å². The molecular weight excluding hydrogens is 294 g/mol.